The van der Waals surface area contributed by atoms with E-state index in [0.29, 0.717) is 43.4 Å². The molecular formula is C39H53ClN4O7S. The Morgan fingerprint density at radius 1 is 1.04 bits per heavy atom. The first-order valence-corrected chi connectivity index (χ1v) is 20.5. The normalized spacial score (nSPS) is 29.6. The summed E-state index contributed by atoms with van der Waals surface area (Å²) >= 11 is 6.38. The number of halogens is 1. The Bertz CT molecular complexity index is 1750. The number of benzene rings is 2. The minimum absolute atomic E-state index is 0.0376. The van der Waals surface area contributed by atoms with Crippen molar-refractivity contribution in [2.45, 2.75) is 69.8 Å². The molecule has 0 spiro atoms. The average Bonchev–Trinajstić information content (AvgIpc) is 3.12. The number of carboxylic acids is 1. The largest absolute Gasteiger partial charge is 0.487 e. The van der Waals surface area contributed by atoms with E-state index in [4.69, 9.17) is 21.1 Å². The van der Waals surface area contributed by atoms with Crippen LogP contribution in [0.1, 0.15) is 67.4 Å². The molecule has 1 saturated heterocycles. The SMILES string of the molecule is CO[C@@]1(CN2CCN(CC(=O)O)CC2)/C=C/C[C@H](C)[C@@H](C)S(=O)(=O)NC(=O)c2ccc3c(c2)N(CCCCc2cc(Cl)ccc2CO3)C[C@@H]2CC[C@H]21. The number of fused-ring (bicyclic) bond motifs is 3. The van der Waals surface area contributed by atoms with Crippen molar-refractivity contribution in [1.29, 1.82) is 0 Å². The van der Waals surface area contributed by atoms with Crippen LogP contribution in [-0.4, -0.2) is 106 Å². The summed E-state index contributed by atoms with van der Waals surface area (Å²) < 4.78 is 42.5. The van der Waals surface area contributed by atoms with E-state index in [1.807, 2.05) is 30.0 Å². The van der Waals surface area contributed by atoms with E-state index >= 15 is 0 Å². The Morgan fingerprint density at radius 3 is 2.52 bits per heavy atom. The van der Waals surface area contributed by atoms with Crippen molar-refractivity contribution in [1.82, 2.24) is 14.5 Å². The second kappa shape index (κ2) is 16.5. The van der Waals surface area contributed by atoms with Crippen molar-refractivity contribution in [3.8, 4) is 5.75 Å². The number of rotatable bonds is 5. The summed E-state index contributed by atoms with van der Waals surface area (Å²) in [5.74, 6) is -0.622. The van der Waals surface area contributed by atoms with E-state index in [2.05, 4.69) is 26.7 Å². The number of hydrogen-bond acceptors (Lipinski definition) is 9. The minimum atomic E-state index is -3.99. The highest BCUT2D eigenvalue weighted by Crippen LogP contribution is 2.47. The molecule has 1 aliphatic carbocycles. The molecule has 2 fully saturated rings. The van der Waals surface area contributed by atoms with Crippen molar-refractivity contribution < 1.29 is 32.6 Å². The van der Waals surface area contributed by atoms with Gasteiger partial charge in [0.1, 0.15) is 18.0 Å². The van der Waals surface area contributed by atoms with Crippen LogP contribution in [0, 0.1) is 17.8 Å². The van der Waals surface area contributed by atoms with Crippen LogP contribution in [-0.2, 0) is 32.6 Å². The fourth-order valence-corrected chi connectivity index (χ4v) is 9.76. The van der Waals surface area contributed by atoms with Gasteiger partial charge in [-0.1, -0.05) is 36.7 Å². The van der Waals surface area contributed by atoms with Crippen molar-refractivity contribution in [2.24, 2.45) is 17.8 Å². The topological polar surface area (TPSA) is 129 Å². The van der Waals surface area contributed by atoms with E-state index < -0.39 is 32.8 Å². The number of nitrogens with zero attached hydrogens (tertiary/aromatic N) is 3. The number of allylic oxidation sites excluding steroid dienone is 1. The van der Waals surface area contributed by atoms with Crippen molar-refractivity contribution in [2.75, 3.05) is 64.4 Å². The Balaban J connectivity index is 1.36. The van der Waals surface area contributed by atoms with Crippen LogP contribution in [0.15, 0.2) is 48.6 Å². The minimum Gasteiger partial charge on any atom is -0.487 e. The molecule has 0 aromatic heterocycles. The highest BCUT2D eigenvalue weighted by atomic mass is 35.5. The Hall–Kier alpha value is -3.16. The number of hydrogen-bond donors (Lipinski definition) is 2. The Labute approximate surface area is 313 Å². The maximum Gasteiger partial charge on any atom is 0.317 e. The third kappa shape index (κ3) is 8.79. The molecule has 284 valence electrons. The van der Waals surface area contributed by atoms with Gasteiger partial charge in [-0.2, -0.15) is 0 Å². The highest BCUT2D eigenvalue weighted by molar-refractivity contribution is 7.90. The van der Waals surface area contributed by atoms with Crippen molar-refractivity contribution in [3.63, 3.8) is 0 Å². The summed E-state index contributed by atoms with van der Waals surface area (Å²) in [6, 6.07) is 11.1. The number of amides is 1. The molecule has 4 aliphatic rings. The number of carbonyl (C=O) groups excluding carboxylic acids is 1. The number of aryl methyl sites for hydroxylation is 1. The third-order valence-electron chi connectivity index (χ3n) is 11.8. The van der Waals surface area contributed by atoms with Gasteiger partial charge in [0, 0.05) is 63.5 Å². The molecule has 52 heavy (non-hydrogen) atoms. The van der Waals surface area contributed by atoms with Crippen LogP contribution in [0.25, 0.3) is 0 Å². The van der Waals surface area contributed by atoms with E-state index in [-0.39, 0.29) is 29.9 Å². The average molecular weight is 757 g/mol. The zero-order chi connectivity index (χ0) is 37.0. The maximum atomic E-state index is 13.6. The summed E-state index contributed by atoms with van der Waals surface area (Å²) in [7, 11) is -2.22. The molecule has 0 unspecified atom stereocenters. The maximum absolute atomic E-state index is 13.6. The lowest BCUT2D eigenvalue weighted by Crippen LogP contribution is -2.59. The summed E-state index contributed by atoms with van der Waals surface area (Å²) in [5.41, 5.74) is 2.64. The molecule has 2 bridgehead atoms. The van der Waals surface area contributed by atoms with Crippen LogP contribution >= 0.6 is 11.6 Å². The number of ether oxygens (including phenoxy) is 2. The molecule has 13 heteroatoms. The van der Waals surface area contributed by atoms with E-state index in [1.54, 1.807) is 32.2 Å². The number of aliphatic carboxylic acids is 1. The zero-order valence-electron chi connectivity index (χ0n) is 30.6. The second-order valence-electron chi connectivity index (χ2n) is 15.1. The zero-order valence-corrected chi connectivity index (χ0v) is 32.1. The van der Waals surface area contributed by atoms with Crippen LogP contribution < -0.4 is 14.4 Å². The molecule has 2 aromatic rings. The van der Waals surface area contributed by atoms with E-state index in [0.717, 1.165) is 75.1 Å². The second-order valence-corrected chi connectivity index (χ2v) is 17.6. The highest BCUT2D eigenvalue weighted by Gasteiger charge is 2.48. The number of anilines is 1. The fourth-order valence-electron chi connectivity index (χ4n) is 8.28. The molecular weight excluding hydrogens is 704 g/mol. The van der Waals surface area contributed by atoms with E-state index in [9.17, 15) is 23.1 Å². The number of nitrogens with one attached hydrogen (secondary N) is 1. The number of carboxylic acid groups (broad SMARTS) is 1. The lowest BCUT2D eigenvalue weighted by atomic mass is 9.63. The van der Waals surface area contributed by atoms with Gasteiger partial charge in [0.05, 0.1) is 17.5 Å². The molecule has 11 nitrogen and oxygen atoms in total. The lowest BCUT2D eigenvalue weighted by Gasteiger charge is -2.52. The molecule has 5 atom stereocenters. The van der Waals surface area contributed by atoms with Crippen molar-refractivity contribution in [3.05, 3.63) is 70.3 Å². The monoisotopic (exact) mass is 756 g/mol. The lowest BCUT2D eigenvalue weighted by molar-refractivity contribution is -0.139. The molecule has 3 heterocycles. The molecule has 6 rings (SSSR count). The van der Waals surface area contributed by atoms with Crippen LogP contribution in [0.3, 0.4) is 0 Å². The summed E-state index contributed by atoms with van der Waals surface area (Å²) in [6.45, 7) is 8.85. The van der Waals surface area contributed by atoms with Gasteiger partial charge >= 0.3 is 5.97 Å². The molecule has 2 N–H and O–H groups in total. The van der Waals surface area contributed by atoms with Crippen molar-refractivity contribution >= 4 is 39.2 Å². The standard InChI is InChI=1S/C39H53ClN4O7S/c1-27-7-6-15-39(50-3,26-43-19-17-42(18-20-43)24-37(45)46)34-13-10-31(34)23-44-16-5-4-8-29-21-33(40)12-9-32(29)25-51-36-14-11-30(22-35(36)44)38(47)41-52(48,49)28(27)2/h6,9,11-12,14-15,21-22,27-28,31,34H,4-5,7-8,10,13,16-20,23-26H2,1-3H3,(H,41,47)(H,45,46)/b15-6+/t27-,28+,31-,34+,39+/m0/s1. The summed E-state index contributed by atoms with van der Waals surface area (Å²) in [6.07, 6.45) is 9.46. The number of piperazine rings is 1. The van der Waals surface area contributed by atoms with Gasteiger partial charge in [0.15, 0.2) is 0 Å². The van der Waals surface area contributed by atoms with Gasteiger partial charge in [0.2, 0.25) is 10.0 Å². The van der Waals surface area contributed by atoms with Gasteiger partial charge in [-0.15, -0.1) is 0 Å². The first kappa shape index (κ1) is 38.6. The predicted molar refractivity (Wildman–Crippen MR) is 203 cm³/mol. The molecule has 1 amide bonds. The molecule has 3 aliphatic heterocycles. The van der Waals surface area contributed by atoms with Gasteiger partial charge < -0.3 is 19.5 Å². The molecule has 0 radical (unpaired) electrons. The molecule has 2 aromatic carbocycles. The summed E-state index contributed by atoms with van der Waals surface area (Å²) in [5, 5.41) is 9.20. The number of carbonyl (C=O) groups is 2. The predicted octanol–water partition coefficient (Wildman–Crippen LogP) is 5.22. The quantitative estimate of drug-likeness (QED) is 0.392. The Morgan fingerprint density at radius 2 is 1.81 bits per heavy atom. The van der Waals surface area contributed by atoms with Gasteiger partial charge in [-0.25, -0.2) is 13.1 Å². The van der Waals surface area contributed by atoms with Gasteiger partial charge in [-0.05, 0) is 105 Å². The summed E-state index contributed by atoms with van der Waals surface area (Å²) in [4.78, 5) is 31.6. The first-order valence-electron chi connectivity index (χ1n) is 18.6. The van der Waals surface area contributed by atoms with Crippen LogP contribution in [0.2, 0.25) is 5.02 Å². The fraction of sp³-hybridized carbons (Fsp3) is 0.590. The van der Waals surface area contributed by atoms with Gasteiger partial charge in [0.25, 0.3) is 5.91 Å². The first-order chi connectivity index (χ1) is 24.9. The van der Waals surface area contributed by atoms with E-state index in [1.165, 1.54) is 0 Å². The number of sulfonamides is 1. The van der Waals surface area contributed by atoms with Gasteiger partial charge in [-0.3, -0.25) is 19.4 Å². The van der Waals surface area contributed by atoms with Crippen LogP contribution in [0.5, 0.6) is 5.75 Å². The molecule has 1 saturated carbocycles. The Kier molecular flexibility index (Phi) is 12.2. The van der Waals surface area contributed by atoms with Crippen LogP contribution in [0.4, 0.5) is 5.69 Å². The smallest absolute Gasteiger partial charge is 0.317 e. The number of methoxy groups -OCH3 is 1. The third-order valence-corrected chi connectivity index (χ3v) is 14.0.